The molecule has 0 unspecified atom stereocenters. The number of nitrogens with zero attached hydrogens (tertiary/aromatic N) is 4. The Bertz CT molecular complexity index is 1250. The highest BCUT2D eigenvalue weighted by Crippen LogP contribution is 2.34. The highest BCUT2D eigenvalue weighted by molar-refractivity contribution is 5.87. The van der Waals surface area contributed by atoms with Crippen molar-refractivity contribution in [1.82, 2.24) is 20.3 Å². The van der Waals surface area contributed by atoms with Crippen LogP contribution >= 0.6 is 0 Å². The number of aromatic nitrogens is 3. The zero-order valence-electron chi connectivity index (χ0n) is 20.2. The minimum Gasteiger partial charge on any atom is -0.384 e. The first kappa shape index (κ1) is 23.0. The molecule has 1 saturated heterocycles. The van der Waals surface area contributed by atoms with Crippen molar-refractivity contribution in [3.63, 3.8) is 0 Å². The summed E-state index contributed by atoms with van der Waals surface area (Å²) in [7, 11) is 0. The second-order valence-corrected chi connectivity index (χ2v) is 9.12. The predicted molar refractivity (Wildman–Crippen MR) is 139 cm³/mol. The smallest absolute Gasteiger partial charge is 0.141 e. The maximum Gasteiger partial charge on any atom is 0.141 e. The Balaban J connectivity index is 1.50. The van der Waals surface area contributed by atoms with Gasteiger partial charge in [0.05, 0.1) is 36.5 Å². The fraction of sp³-hybridized carbons (Fsp3) is 0.296. The van der Waals surface area contributed by atoms with Gasteiger partial charge in [-0.1, -0.05) is 6.08 Å². The van der Waals surface area contributed by atoms with E-state index in [0.29, 0.717) is 5.69 Å². The lowest BCUT2D eigenvalue weighted by molar-refractivity contribution is 0.0739. The van der Waals surface area contributed by atoms with Crippen LogP contribution in [-0.4, -0.2) is 46.4 Å². The Labute approximate surface area is 205 Å². The highest BCUT2D eigenvalue weighted by Gasteiger charge is 2.21. The summed E-state index contributed by atoms with van der Waals surface area (Å²) in [5, 5.41) is 17.0. The van der Waals surface area contributed by atoms with Crippen molar-refractivity contribution >= 4 is 29.1 Å². The first-order chi connectivity index (χ1) is 16.9. The Hall–Kier alpha value is -3.75. The number of nitrogens with one attached hydrogen (secondary N) is 2. The second-order valence-electron chi connectivity index (χ2n) is 9.12. The van der Waals surface area contributed by atoms with Gasteiger partial charge in [0.1, 0.15) is 17.2 Å². The van der Waals surface area contributed by atoms with Crippen LogP contribution < -0.4 is 15.5 Å². The number of pyridine rings is 3. The molecule has 0 radical (unpaired) electrons. The largest absolute Gasteiger partial charge is 0.384 e. The molecule has 8 nitrogen and oxygen atoms in total. The summed E-state index contributed by atoms with van der Waals surface area (Å²) in [6.45, 7) is 8.60. The Morgan fingerprint density at radius 2 is 1.94 bits per heavy atom. The Kier molecular flexibility index (Phi) is 6.23. The van der Waals surface area contributed by atoms with Crippen LogP contribution in [0.5, 0.6) is 0 Å². The third-order valence-electron chi connectivity index (χ3n) is 6.14. The summed E-state index contributed by atoms with van der Waals surface area (Å²) in [6, 6.07) is 9.89. The van der Waals surface area contributed by atoms with E-state index in [4.69, 9.17) is 9.72 Å². The van der Waals surface area contributed by atoms with Crippen LogP contribution in [0.25, 0.3) is 23.0 Å². The summed E-state index contributed by atoms with van der Waals surface area (Å²) < 4.78 is 5.44. The van der Waals surface area contributed by atoms with Crippen LogP contribution in [0.1, 0.15) is 37.6 Å². The number of rotatable bonds is 5. The van der Waals surface area contributed by atoms with Gasteiger partial charge in [0, 0.05) is 42.3 Å². The Morgan fingerprint density at radius 3 is 2.60 bits per heavy atom. The van der Waals surface area contributed by atoms with Crippen LogP contribution in [0, 0.1) is 0 Å². The molecule has 3 aromatic heterocycles. The van der Waals surface area contributed by atoms with E-state index < -0.39 is 5.60 Å². The molecule has 3 aromatic rings. The number of anilines is 3. The summed E-state index contributed by atoms with van der Waals surface area (Å²) in [5.74, 6) is 1.68. The van der Waals surface area contributed by atoms with Crippen LogP contribution in [-0.2, 0) is 10.3 Å². The number of hydrogen-bond acceptors (Lipinski definition) is 8. The molecule has 0 amide bonds. The van der Waals surface area contributed by atoms with Crippen LogP contribution in [0.4, 0.5) is 17.3 Å². The number of hydrogen-bond donors (Lipinski definition) is 3. The van der Waals surface area contributed by atoms with Gasteiger partial charge in [-0.3, -0.25) is 4.98 Å². The summed E-state index contributed by atoms with van der Waals surface area (Å²) in [4.78, 5) is 16.3. The van der Waals surface area contributed by atoms with E-state index in [2.05, 4.69) is 31.6 Å². The third-order valence-corrected chi connectivity index (χ3v) is 6.14. The average molecular weight is 471 g/mol. The van der Waals surface area contributed by atoms with E-state index in [-0.39, 0.29) is 0 Å². The molecule has 0 aliphatic carbocycles. The fourth-order valence-electron chi connectivity index (χ4n) is 4.22. The zero-order valence-corrected chi connectivity index (χ0v) is 20.2. The molecule has 2 aliphatic heterocycles. The number of fused-ring (bicyclic) bond motifs is 1. The van der Waals surface area contributed by atoms with E-state index >= 15 is 0 Å². The monoisotopic (exact) mass is 470 g/mol. The first-order valence-corrected chi connectivity index (χ1v) is 11.8. The SMILES string of the molecule is C/C=C1\NC=Cc2cc(-c3ccc(C(C)(C)O)nc3)nc(Nc3ccc(N4CCOCC4)nc3)c21. The molecule has 0 spiro atoms. The van der Waals surface area contributed by atoms with E-state index in [9.17, 15) is 5.11 Å². The van der Waals surface area contributed by atoms with Crippen molar-refractivity contribution in [3.8, 4) is 11.3 Å². The van der Waals surface area contributed by atoms with Gasteiger partial charge in [-0.15, -0.1) is 0 Å². The molecule has 5 rings (SSSR count). The first-order valence-electron chi connectivity index (χ1n) is 11.8. The van der Waals surface area contributed by atoms with Gasteiger partial charge in [-0.25, -0.2) is 9.97 Å². The lowest BCUT2D eigenvalue weighted by atomic mass is 9.99. The van der Waals surface area contributed by atoms with Crippen LogP contribution in [0.2, 0.25) is 0 Å². The molecule has 0 saturated carbocycles. The van der Waals surface area contributed by atoms with Crippen molar-refractivity contribution in [1.29, 1.82) is 0 Å². The van der Waals surface area contributed by atoms with Crippen molar-refractivity contribution in [2.24, 2.45) is 0 Å². The average Bonchev–Trinajstić information content (AvgIpc) is 2.88. The zero-order chi connectivity index (χ0) is 24.4. The minimum atomic E-state index is -0.996. The van der Waals surface area contributed by atoms with E-state index in [1.54, 1.807) is 20.0 Å². The van der Waals surface area contributed by atoms with Gasteiger partial charge in [-0.05, 0) is 62.7 Å². The number of morpholine rings is 1. The van der Waals surface area contributed by atoms with Crippen molar-refractivity contribution < 1.29 is 9.84 Å². The van der Waals surface area contributed by atoms with Gasteiger partial charge in [0.25, 0.3) is 0 Å². The van der Waals surface area contributed by atoms with Gasteiger partial charge in [-0.2, -0.15) is 0 Å². The molecule has 2 aliphatic rings. The predicted octanol–water partition coefficient (Wildman–Crippen LogP) is 4.28. The molecule has 3 N–H and O–H groups in total. The highest BCUT2D eigenvalue weighted by atomic mass is 16.5. The maximum atomic E-state index is 10.3. The van der Waals surface area contributed by atoms with Gasteiger partial charge in [0.15, 0.2) is 0 Å². The molecule has 0 bridgehead atoms. The molecular weight excluding hydrogens is 440 g/mol. The normalized spacial score (nSPS) is 16.7. The van der Waals surface area contributed by atoms with Crippen molar-refractivity contribution in [3.05, 3.63) is 71.8 Å². The summed E-state index contributed by atoms with van der Waals surface area (Å²) >= 11 is 0. The molecule has 0 atom stereocenters. The van der Waals surface area contributed by atoms with Gasteiger partial charge in [0.2, 0.25) is 0 Å². The molecule has 0 aromatic carbocycles. The van der Waals surface area contributed by atoms with Gasteiger partial charge >= 0.3 is 0 Å². The maximum absolute atomic E-state index is 10.3. The number of ether oxygens (including phenoxy) is 1. The molecule has 1 fully saturated rings. The van der Waals surface area contributed by atoms with Crippen molar-refractivity contribution in [2.75, 3.05) is 36.5 Å². The van der Waals surface area contributed by atoms with E-state index in [1.165, 1.54) is 0 Å². The van der Waals surface area contributed by atoms with E-state index in [1.807, 2.05) is 55.7 Å². The summed E-state index contributed by atoms with van der Waals surface area (Å²) in [5.41, 5.74) is 5.17. The molecular formula is C27H30N6O2. The topological polar surface area (TPSA) is 95.4 Å². The fourth-order valence-corrected chi connectivity index (χ4v) is 4.22. The molecule has 35 heavy (non-hydrogen) atoms. The Morgan fingerprint density at radius 1 is 1.11 bits per heavy atom. The minimum absolute atomic E-state index is 0.615. The summed E-state index contributed by atoms with van der Waals surface area (Å²) in [6.07, 6.45) is 9.60. The molecule has 8 heteroatoms. The number of allylic oxidation sites excluding steroid dienone is 1. The third kappa shape index (κ3) is 4.89. The van der Waals surface area contributed by atoms with E-state index in [0.717, 1.165) is 71.7 Å². The quantitative estimate of drug-likeness (QED) is 0.509. The number of aliphatic hydroxyl groups is 1. The van der Waals surface area contributed by atoms with Crippen LogP contribution in [0.15, 0.2) is 55.0 Å². The van der Waals surface area contributed by atoms with Crippen LogP contribution in [0.3, 0.4) is 0 Å². The second kappa shape index (κ2) is 9.48. The standard InChI is InChI=1S/C27H30N6O2/c1-4-21-25-18(9-10-28-21)15-22(19-5-7-23(29-16-19)27(2,3)34)32-26(25)31-20-6-8-24(30-17-20)33-11-13-35-14-12-33/h4-10,15-17,28,34H,11-14H2,1-3H3,(H,31,32)/b21-4-. The van der Waals surface area contributed by atoms with Gasteiger partial charge < -0.3 is 25.4 Å². The van der Waals surface area contributed by atoms with Crippen molar-refractivity contribution in [2.45, 2.75) is 26.4 Å². The lowest BCUT2D eigenvalue weighted by Crippen LogP contribution is -2.36. The molecule has 5 heterocycles. The molecule has 180 valence electrons. The lowest BCUT2D eigenvalue weighted by Gasteiger charge is -2.27.